The topological polar surface area (TPSA) is 102 Å². The molecule has 0 aromatic carbocycles. The van der Waals surface area contributed by atoms with Gasteiger partial charge >= 0.3 is 10.0 Å². The van der Waals surface area contributed by atoms with Crippen LogP contribution in [0, 0.1) is 11.8 Å². The Morgan fingerprint density at radius 3 is 2.68 bits per heavy atom. The van der Waals surface area contributed by atoms with Crippen LogP contribution < -0.4 is 4.74 Å². The molecule has 0 saturated carbocycles. The Labute approximate surface area is 168 Å². The Balaban J connectivity index is 1.55. The number of nitrogens with zero attached hydrogens (tertiary/aromatic N) is 2. The molecule has 2 fully saturated rings. The lowest BCUT2D eigenvalue weighted by atomic mass is 9.90. The van der Waals surface area contributed by atoms with Crippen molar-refractivity contribution in [1.29, 1.82) is 0 Å². The van der Waals surface area contributed by atoms with Gasteiger partial charge in [-0.2, -0.15) is 8.42 Å². The van der Waals surface area contributed by atoms with Crippen molar-refractivity contribution in [1.82, 2.24) is 4.90 Å². The van der Waals surface area contributed by atoms with Gasteiger partial charge in [-0.15, -0.1) is 15.1 Å². The predicted molar refractivity (Wildman–Crippen MR) is 105 cm³/mol. The molecule has 28 heavy (non-hydrogen) atoms. The third kappa shape index (κ3) is 3.79. The number of fused-ring (bicyclic) bond motifs is 2. The molecule has 0 radical (unpaired) electrons. The fourth-order valence-corrected chi connectivity index (χ4v) is 10.4. The minimum Gasteiger partial charge on any atom is -0.500 e. The molecule has 2 saturated heterocycles. The zero-order valence-electron chi connectivity index (χ0n) is 15.4. The van der Waals surface area contributed by atoms with E-state index in [9.17, 15) is 17.4 Å². The number of likely N-dealkylation sites (tertiary alicyclic amines) is 1. The molecule has 0 aliphatic carbocycles. The molecular formula is C17H22N2O6S3. The SMILES string of the molecule is COc1ccsc1S(=O)(=O)N=S1(=O)CC2CC(CN(C(=O)C3=COCC3)C2)C1. The lowest BCUT2D eigenvalue weighted by Crippen LogP contribution is -2.51. The number of carbonyl (C=O) groups is 1. The summed E-state index contributed by atoms with van der Waals surface area (Å²) in [5.41, 5.74) is 0.665. The molecular weight excluding hydrogens is 424 g/mol. The van der Waals surface area contributed by atoms with Crippen molar-refractivity contribution < 1.29 is 26.9 Å². The van der Waals surface area contributed by atoms with Gasteiger partial charge in [-0.1, -0.05) is 0 Å². The van der Waals surface area contributed by atoms with Crippen LogP contribution in [-0.2, 0) is 29.3 Å². The number of hydrogen-bond acceptors (Lipinski definition) is 7. The lowest BCUT2D eigenvalue weighted by Gasteiger charge is -2.42. The minimum absolute atomic E-state index is 0.0153. The van der Waals surface area contributed by atoms with E-state index in [0.29, 0.717) is 31.7 Å². The van der Waals surface area contributed by atoms with Gasteiger partial charge in [-0.3, -0.25) is 4.79 Å². The summed E-state index contributed by atoms with van der Waals surface area (Å²) in [5, 5.41) is 1.61. The van der Waals surface area contributed by atoms with Crippen LogP contribution in [0.2, 0.25) is 0 Å². The third-order valence-corrected chi connectivity index (χ3v) is 11.3. The van der Waals surface area contributed by atoms with E-state index in [0.717, 1.165) is 17.8 Å². The van der Waals surface area contributed by atoms with Gasteiger partial charge in [0.05, 0.1) is 35.3 Å². The van der Waals surface area contributed by atoms with E-state index in [2.05, 4.69) is 3.77 Å². The molecule has 1 aromatic rings. The van der Waals surface area contributed by atoms with E-state index in [1.165, 1.54) is 13.4 Å². The highest BCUT2D eigenvalue weighted by Crippen LogP contribution is 2.35. The maximum absolute atomic E-state index is 13.3. The number of amides is 1. The number of methoxy groups -OCH3 is 1. The largest absolute Gasteiger partial charge is 0.500 e. The van der Waals surface area contributed by atoms with Crippen LogP contribution in [0.25, 0.3) is 0 Å². The number of hydrogen-bond donors (Lipinski definition) is 0. The van der Waals surface area contributed by atoms with E-state index in [4.69, 9.17) is 9.47 Å². The van der Waals surface area contributed by atoms with Crippen molar-refractivity contribution in [3.8, 4) is 5.75 Å². The van der Waals surface area contributed by atoms with Crippen LogP contribution in [0.3, 0.4) is 0 Å². The number of sulfonamides is 1. The minimum atomic E-state index is -4.05. The maximum Gasteiger partial charge on any atom is 0.303 e. The molecule has 3 aliphatic rings. The number of thiophene rings is 1. The summed E-state index contributed by atoms with van der Waals surface area (Å²) in [6, 6.07) is 1.56. The molecule has 4 heterocycles. The summed E-state index contributed by atoms with van der Waals surface area (Å²) < 4.78 is 52.9. The van der Waals surface area contributed by atoms with Gasteiger partial charge in [0.2, 0.25) is 0 Å². The summed E-state index contributed by atoms with van der Waals surface area (Å²) in [4.78, 5) is 14.4. The lowest BCUT2D eigenvalue weighted by molar-refractivity contribution is -0.129. The number of ether oxygens (including phenoxy) is 2. The van der Waals surface area contributed by atoms with Crippen molar-refractivity contribution >= 4 is 37.0 Å². The number of piperidine rings is 1. The van der Waals surface area contributed by atoms with E-state index < -0.39 is 19.8 Å². The Morgan fingerprint density at radius 2 is 2.07 bits per heavy atom. The second kappa shape index (κ2) is 7.34. The molecule has 3 aliphatic heterocycles. The standard InChI is InChI=1S/C17H22N2O6S3/c1-24-15-3-5-26-17(15)28(22,23)18-27(21)10-12-6-13(11-27)8-19(7-12)16(20)14-2-4-25-9-14/h3,5,9,12-13H,2,4,6-8,10-11H2,1H3. The average Bonchev–Trinajstić information content (AvgIpc) is 3.30. The summed E-state index contributed by atoms with van der Waals surface area (Å²) in [6.07, 6.45) is 2.97. The highest BCUT2D eigenvalue weighted by atomic mass is 32.3. The predicted octanol–water partition coefficient (Wildman–Crippen LogP) is 1.70. The quantitative estimate of drug-likeness (QED) is 0.698. The first kappa shape index (κ1) is 19.7. The van der Waals surface area contributed by atoms with Crippen molar-refractivity contribution in [3.05, 3.63) is 23.3 Å². The number of carbonyl (C=O) groups excluding carboxylic acids is 1. The monoisotopic (exact) mass is 446 g/mol. The van der Waals surface area contributed by atoms with E-state index in [-0.39, 0.29) is 39.2 Å². The van der Waals surface area contributed by atoms with E-state index >= 15 is 0 Å². The molecule has 1 amide bonds. The first-order chi connectivity index (χ1) is 13.3. The van der Waals surface area contributed by atoms with Crippen LogP contribution in [0.5, 0.6) is 5.75 Å². The van der Waals surface area contributed by atoms with Crippen LogP contribution >= 0.6 is 11.3 Å². The summed E-state index contributed by atoms with van der Waals surface area (Å²) in [7, 11) is -5.58. The van der Waals surface area contributed by atoms with Crippen molar-refractivity contribution in [3.63, 3.8) is 0 Å². The zero-order valence-corrected chi connectivity index (χ0v) is 17.9. The fraction of sp³-hybridized carbons (Fsp3) is 0.588. The van der Waals surface area contributed by atoms with Crippen LogP contribution in [0.4, 0.5) is 0 Å². The first-order valence-corrected chi connectivity index (χ1v) is 13.2. The summed E-state index contributed by atoms with van der Waals surface area (Å²) in [6.45, 7) is 1.47. The molecule has 0 N–H and O–H groups in total. The van der Waals surface area contributed by atoms with Gasteiger partial charge < -0.3 is 14.4 Å². The maximum atomic E-state index is 13.3. The van der Waals surface area contributed by atoms with Crippen molar-refractivity contribution in [2.24, 2.45) is 15.6 Å². The Morgan fingerprint density at radius 1 is 1.36 bits per heavy atom. The van der Waals surface area contributed by atoms with Gasteiger partial charge in [0.1, 0.15) is 5.75 Å². The third-order valence-electron chi connectivity index (χ3n) is 5.18. The second-order valence-electron chi connectivity index (χ2n) is 7.37. The van der Waals surface area contributed by atoms with Gasteiger partial charge in [0, 0.05) is 31.0 Å². The van der Waals surface area contributed by atoms with Gasteiger partial charge in [0.15, 0.2) is 4.21 Å². The molecule has 8 nitrogen and oxygen atoms in total. The molecule has 2 unspecified atom stereocenters. The molecule has 154 valence electrons. The highest BCUT2D eigenvalue weighted by Gasteiger charge is 2.40. The average molecular weight is 447 g/mol. The van der Waals surface area contributed by atoms with Crippen LogP contribution in [0.1, 0.15) is 12.8 Å². The Kier molecular flexibility index (Phi) is 5.17. The van der Waals surface area contributed by atoms with Crippen LogP contribution in [-0.4, -0.2) is 61.7 Å². The first-order valence-electron chi connectivity index (χ1n) is 9.00. The second-order valence-corrected chi connectivity index (χ2v) is 12.7. The fourth-order valence-electron chi connectivity index (χ4n) is 4.17. The van der Waals surface area contributed by atoms with Crippen molar-refractivity contribution in [2.75, 3.05) is 38.3 Å². The molecule has 2 atom stereocenters. The summed E-state index contributed by atoms with van der Waals surface area (Å²) >= 11 is 1.00. The summed E-state index contributed by atoms with van der Waals surface area (Å²) in [5.74, 6) is 0.531. The van der Waals surface area contributed by atoms with Gasteiger partial charge in [-0.25, -0.2) is 4.21 Å². The Bertz CT molecular complexity index is 1020. The smallest absolute Gasteiger partial charge is 0.303 e. The molecule has 0 spiro atoms. The molecule has 4 rings (SSSR count). The Hall–Kier alpha value is -1.59. The van der Waals surface area contributed by atoms with Crippen LogP contribution in [0.15, 0.2) is 31.3 Å². The highest BCUT2D eigenvalue weighted by molar-refractivity contribution is 8.04. The van der Waals surface area contributed by atoms with Gasteiger partial charge in [0.25, 0.3) is 5.91 Å². The van der Waals surface area contributed by atoms with E-state index in [1.807, 2.05) is 0 Å². The van der Waals surface area contributed by atoms with E-state index in [1.54, 1.807) is 16.3 Å². The van der Waals surface area contributed by atoms with Crippen molar-refractivity contribution in [2.45, 2.75) is 17.1 Å². The molecule has 11 heteroatoms. The molecule has 1 aromatic heterocycles. The normalized spacial score (nSPS) is 29.8. The zero-order chi connectivity index (χ0) is 19.9. The number of rotatable bonds is 4. The van der Waals surface area contributed by atoms with Gasteiger partial charge in [-0.05, 0) is 29.7 Å². The molecule has 2 bridgehead atoms.